The summed E-state index contributed by atoms with van der Waals surface area (Å²) in [5.74, 6) is -0.426. The van der Waals surface area contributed by atoms with Crippen LogP contribution in [-0.4, -0.2) is 46.4 Å². The lowest BCUT2D eigenvalue weighted by Gasteiger charge is -2.29. The molecule has 3 aromatic rings. The number of benzene rings is 2. The lowest BCUT2D eigenvalue weighted by atomic mass is 10.2. The van der Waals surface area contributed by atoms with Gasteiger partial charge in [0, 0.05) is 18.8 Å². The van der Waals surface area contributed by atoms with E-state index in [0.29, 0.717) is 23.8 Å². The standard InChI is InChI=1S/C19H17ClN6O2/c20-15-10-13(6-7-17(15)25-9-8-21-18(27)12-25)22-19(28)16-11-26(24-23-16)14-4-2-1-3-5-14/h1-7,10-11H,8-9,12H2,(H,21,27)(H,22,28). The third-order valence-electron chi connectivity index (χ3n) is 4.33. The molecular formula is C19H17ClN6O2. The molecule has 2 N–H and O–H groups in total. The Labute approximate surface area is 166 Å². The van der Waals surface area contributed by atoms with Crippen molar-refractivity contribution in [3.05, 3.63) is 65.4 Å². The number of anilines is 2. The predicted molar refractivity (Wildman–Crippen MR) is 106 cm³/mol. The fourth-order valence-electron chi connectivity index (χ4n) is 2.96. The van der Waals surface area contributed by atoms with E-state index in [0.717, 1.165) is 11.4 Å². The molecule has 2 amide bonds. The molecule has 142 valence electrons. The van der Waals surface area contributed by atoms with Crippen LogP contribution in [0, 0.1) is 0 Å². The van der Waals surface area contributed by atoms with Crippen LogP contribution in [0.3, 0.4) is 0 Å². The van der Waals surface area contributed by atoms with Crippen LogP contribution >= 0.6 is 11.6 Å². The van der Waals surface area contributed by atoms with Crippen LogP contribution < -0.4 is 15.5 Å². The van der Waals surface area contributed by atoms with E-state index in [1.807, 2.05) is 35.2 Å². The molecule has 1 aliphatic rings. The number of nitrogens with one attached hydrogen (secondary N) is 2. The minimum atomic E-state index is -0.386. The van der Waals surface area contributed by atoms with Gasteiger partial charge in [0.15, 0.2) is 5.69 Å². The molecule has 2 aromatic carbocycles. The quantitative estimate of drug-likeness (QED) is 0.704. The van der Waals surface area contributed by atoms with Gasteiger partial charge in [0.2, 0.25) is 5.91 Å². The molecule has 1 aromatic heterocycles. The van der Waals surface area contributed by atoms with Crippen molar-refractivity contribution in [2.45, 2.75) is 0 Å². The first-order valence-corrected chi connectivity index (χ1v) is 9.08. The minimum Gasteiger partial charge on any atom is -0.359 e. The second-order valence-corrected chi connectivity index (χ2v) is 6.68. The summed E-state index contributed by atoms with van der Waals surface area (Å²) in [6.07, 6.45) is 1.56. The molecule has 0 spiro atoms. The van der Waals surface area contributed by atoms with Crippen LogP contribution in [0.2, 0.25) is 5.02 Å². The third kappa shape index (κ3) is 3.81. The second-order valence-electron chi connectivity index (χ2n) is 6.28. The summed E-state index contributed by atoms with van der Waals surface area (Å²) in [5.41, 5.74) is 2.29. The van der Waals surface area contributed by atoms with Gasteiger partial charge in [0.05, 0.1) is 29.1 Å². The Morgan fingerprint density at radius 3 is 2.75 bits per heavy atom. The monoisotopic (exact) mass is 396 g/mol. The molecule has 0 saturated carbocycles. The third-order valence-corrected chi connectivity index (χ3v) is 4.63. The Balaban J connectivity index is 1.47. The number of piperazine rings is 1. The topological polar surface area (TPSA) is 92.2 Å². The van der Waals surface area contributed by atoms with Crippen molar-refractivity contribution < 1.29 is 9.59 Å². The van der Waals surface area contributed by atoms with Gasteiger partial charge in [-0.3, -0.25) is 9.59 Å². The summed E-state index contributed by atoms with van der Waals surface area (Å²) in [7, 11) is 0. The zero-order valence-corrected chi connectivity index (χ0v) is 15.6. The number of amides is 2. The van der Waals surface area contributed by atoms with Crippen LogP contribution in [-0.2, 0) is 4.79 Å². The van der Waals surface area contributed by atoms with E-state index >= 15 is 0 Å². The average Bonchev–Trinajstić information content (AvgIpc) is 3.19. The molecule has 28 heavy (non-hydrogen) atoms. The van der Waals surface area contributed by atoms with Crippen LogP contribution in [0.15, 0.2) is 54.7 Å². The van der Waals surface area contributed by atoms with Gasteiger partial charge in [0.25, 0.3) is 5.91 Å². The summed E-state index contributed by atoms with van der Waals surface area (Å²) in [6.45, 7) is 1.51. The fourth-order valence-corrected chi connectivity index (χ4v) is 3.26. The molecule has 8 nitrogen and oxygen atoms in total. The van der Waals surface area contributed by atoms with Crippen molar-refractivity contribution in [1.82, 2.24) is 20.3 Å². The highest BCUT2D eigenvalue weighted by Gasteiger charge is 2.19. The first-order valence-electron chi connectivity index (χ1n) is 8.70. The number of carbonyl (C=O) groups excluding carboxylic acids is 2. The van der Waals surface area contributed by atoms with Gasteiger partial charge in [-0.05, 0) is 30.3 Å². The summed E-state index contributed by atoms with van der Waals surface area (Å²) < 4.78 is 1.53. The van der Waals surface area contributed by atoms with Crippen molar-refractivity contribution in [1.29, 1.82) is 0 Å². The highest BCUT2D eigenvalue weighted by molar-refractivity contribution is 6.33. The maximum absolute atomic E-state index is 12.5. The normalized spacial score (nSPS) is 13.9. The van der Waals surface area contributed by atoms with E-state index in [-0.39, 0.29) is 24.1 Å². The van der Waals surface area contributed by atoms with Crippen molar-refractivity contribution in [2.24, 2.45) is 0 Å². The van der Waals surface area contributed by atoms with E-state index in [1.165, 1.54) is 4.68 Å². The van der Waals surface area contributed by atoms with Crippen molar-refractivity contribution in [3.63, 3.8) is 0 Å². The Bertz CT molecular complexity index is 1020. The molecule has 0 atom stereocenters. The lowest BCUT2D eigenvalue weighted by molar-refractivity contribution is -0.120. The minimum absolute atomic E-state index is 0.0406. The van der Waals surface area contributed by atoms with E-state index in [2.05, 4.69) is 20.9 Å². The average molecular weight is 397 g/mol. The molecular weight excluding hydrogens is 380 g/mol. The Morgan fingerprint density at radius 2 is 2.00 bits per heavy atom. The van der Waals surface area contributed by atoms with Gasteiger partial charge >= 0.3 is 0 Å². The van der Waals surface area contributed by atoms with Crippen LogP contribution in [0.5, 0.6) is 0 Å². The molecule has 0 unspecified atom stereocenters. The number of aromatic nitrogens is 3. The van der Waals surface area contributed by atoms with Crippen molar-refractivity contribution >= 4 is 34.8 Å². The molecule has 0 aliphatic carbocycles. The van der Waals surface area contributed by atoms with Gasteiger partial charge in [-0.15, -0.1) is 5.10 Å². The predicted octanol–water partition coefficient (Wildman–Crippen LogP) is 2.11. The zero-order chi connectivity index (χ0) is 19.5. The molecule has 0 bridgehead atoms. The number of rotatable bonds is 4. The molecule has 9 heteroatoms. The van der Waals surface area contributed by atoms with Gasteiger partial charge in [-0.25, -0.2) is 4.68 Å². The van der Waals surface area contributed by atoms with Crippen molar-refractivity contribution in [3.8, 4) is 5.69 Å². The number of hydrogen-bond donors (Lipinski definition) is 2. The maximum Gasteiger partial charge on any atom is 0.277 e. The highest BCUT2D eigenvalue weighted by Crippen LogP contribution is 2.29. The van der Waals surface area contributed by atoms with Crippen LogP contribution in [0.4, 0.5) is 11.4 Å². The number of nitrogens with zero attached hydrogens (tertiary/aromatic N) is 4. The van der Waals surface area contributed by atoms with Crippen molar-refractivity contribution in [2.75, 3.05) is 29.9 Å². The smallest absolute Gasteiger partial charge is 0.277 e. The first kappa shape index (κ1) is 18.0. The maximum atomic E-state index is 12.5. The number of halogens is 1. The molecule has 1 aliphatic heterocycles. The van der Waals surface area contributed by atoms with Gasteiger partial charge in [-0.1, -0.05) is 35.0 Å². The first-order chi connectivity index (χ1) is 13.6. The molecule has 2 heterocycles. The van der Waals surface area contributed by atoms with Crippen LogP contribution in [0.1, 0.15) is 10.5 Å². The van der Waals surface area contributed by atoms with Gasteiger partial charge in [0.1, 0.15) is 0 Å². The van der Waals surface area contributed by atoms with Crippen LogP contribution in [0.25, 0.3) is 5.69 Å². The summed E-state index contributed by atoms with van der Waals surface area (Å²) >= 11 is 6.37. The van der Waals surface area contributed by atoms with E-state index in [9.17, 15) is 9.59 Å². The Hall–Kier alpha value is -3.39. The molecule has 1 fully saturated rings. The Kier molecular flexibility index (Phi) is 4.94. The summed E-state index contributed by atoms with van der Waals surface area (Å²) in [4.78, 5) is 25.9. The Morgan fingerprint density at radius 1 is 1.18 bits per heavy atom. The zero-order valence-electron chi connectivity index (χ0n) is 14.8. The van der Waals surface area contributed by atoms with Gasteiger partial charge in [-0.2, -0.15) is 0 Å². The number of hydrogen-bond acceptors (Lipinski definition) is 5. The second kappa shape index (κ2) is 7.69. The number of carbonyl (C=O) groups is 2. The summed E-state index contributed by atoms with van der Waals surface area (Å²) in [6, 6.07) is 14.6. The summed E-state index contributed by atoms with van der Waals surface area (Å²) in [5, 5.41) is 13.9. The molecule has 1 saturated heterocycles. The van der Waals surface area contributed by atoms with E-state index in [4.69, 9.17) is 11.6 Å². The number of para-hydroxylation sites is 1. The van der Waals surface area contributed by atoms with E-state index < -0.39 is 0 Å². The molecule has 4 rings (SSSR count). The van der Waals surface area contributed by atoms with E-state index in [1.54, 1.807) is 24.4 Å². The fraction of sp³-hybridized carbons (Fsp3) is 0.158. The molecule has 0 radical (unpaired) electrons. The highest BCUT2D eigenvalue weighted by atomic mass is 35.5. The largest absolute Gasteiger partial charge is 0.359 e. The SMILES string of the molecule is O=C1CN(c2ccc(NC(=O)c3cn(-c4ccccc4)nn3)cc2Cl)CCN1. The van der Waals surface area contributed by atoms with Gasteiger partial charge < -0.3 is 15.5 Å². The lowest BCUT2D eigenvalue weighted by Crippen LogP contribution is -2.47.